The molecule has 0 spiro atoms. The van der Waals surface area contributed by atoms with E-state index in [0.29, 0.717) is 5.75 Å². The van der Waals surface area contributed by atoms with Crippen molar-refractivity contribution < 1.29 is 51.6 Å². The molecule has 0 amide bonds. The van der Waals surface area contributed by atoms with Crippen molar-refractivity contribution in [1.82, 2.24) is 0 Å². The van der Waals surface area contributed by atoms with Crippen LogP contribution >= 0.6 is 0 Å². The summed E-state index contributed by atoms with van der Waals surface area (Å²) in [7, 11) is 0. The second kappa shape index (κ2) is 13.8. The van der Waals surface area contributed by atoms with Crippen LogP contribution in [0, 0.1) is 0 Å². The number of halogens is 2. The number of rotatable bonds is 5. The van der Waals surface area contributed by atoms with Crippen LogP contribution in [0.25, 0.3) is 0 Å². The molecular weight excluding hydrogens is 591 g/mol. The normalized spacial score (nSPS) is 13.8. The second-order valence-corrected chi connectivity index (χ2v) is 12.1. The summed E-state index contributed by atoms with van der Waals surface area (Å²) in [5.74, 6) is 0.442. The third-order valence-corrected chi connectivity index (χ3v) is 8.95. The Kier molecular flexibility index (Phi) is 11.7. The van der Waals surface area contributed by atoms with Gasteiger partial charge in [0.25, 0.3) is 0 Å². The minimum atomic E-state index is -0.707. The molecule has 0 heterocycles. The van der Waals surface area contributed by atoms with Gasteiger partial charge in [-0.15, -0.1) is 0 Å². The van der Waals surface area contributed by atoms with Gasteiger partial charge in [0.05, 0.1) is 5.41 Å². The van der Waals surface area contributed by atoms with Crippen LogP contribution in [0.3, 0.4) is 0 Å². The zero-order valence-corrected chi connectivity index (χ0v) is 28.7. The van der Waals surface area contributed by atoms with Crippen LogP contribution in [0.15, 0.2) is 125 Å². The molecule has 4 heteroatoms. The van der Waals surface area contributed by atoms with E-state index in [1.54, 1.807) is 0 Å². The molecule has 4 aromatic rings. The fraction of sp³-hybridized carbons (Fsp3) is 0.263. The average molecular weight is 632 g/mol. The first-order chi connectivity index (χ1) is 18.6. The molecule has 0 aliphatic heterocycles. The van der Waals surface area contributed by atoms with Crippen molar-refractivity contribution >= 4 is 0 Å². The summed E-state index contributed by atoms with van der Waals surface area (Å²) in [6.45, 7) is 15.7. The first kappa shape index (κ1) is 35.6. The third kappa shape index (κ3) is 5.95. The van der Waals surface area contributed by atoms with Gasteiger partial charge in [0.1, 0.15) is 5.75 Å². The van der Waals surface area contributed by atoms with Crippen molar-refractivity contribution in [3.05, 3.63) is 159 Å². The molecule has 1 nitrogen and oxygen atoms in total. The van der Waals surface area contributed by atoms with Gasteiger partial charge < -0.3 is 29.9 Å². The minimum absolute atomic E-state index is 0. The molecule has 5 rings (SSSR count). The van der Waals surface area contributed by atoms with Gasteiger partial charge in [-0.25, -0.2) is 0 Å². The Morgan fingerprint density at radius 3 is 1.24 bits per heavy atom. The molecule has 4 aromatic carbocycles. The number of phenols is 1. The van der Waals surface area contributed by atoms with Gasteiger partial charge in [-0.2, -0.15) is 0 Å². The van der Waals surface area contributed by atoms with E-state index in [0.717, 1.165) is 27.8 Å². The summed E-state index contributed by atoms with van der Waals surface area (Å²) in [5.41, 5.74) is 11.0. The van der Waals surface area contributed by atoms with E-state index < -0.39 is 5.41 Å². The minimum Gasteiger partial charge on any atom is -1.00 e. The van der Waals surface area contributed by atoms with Gasteiger partial charge in [0, 0.05) is 17.0 Å². The maximum absolute atomic E-state index is 12.5. The van der Waals surface area contributed by atoms with E-state index in [1.807, 2.05) is 0 Å². The van der Waals surface area contributed by atoms with E-state index >= 15 is 0 Å². The van der Waals surface area contributed by atoms with E-state index in [1.165, 1.54) is 27.9 Å². The molecule has 0 radical (unpaired) electrons. The maximum atomic E-state index is 12.5. The summed E-state index contributed by atoms with van der Waals surface area (Å²) in [6, 6.07) is 36.5. The predicted octanol–water partition coefficient (Wildman–Crippen LogP) is 3.85. The fourth-order valence-electron chi connectivity index (χ4n) is 6.44. The van der Waals surface area contributed by atoms with E-state index in [-0.39, 0.29) is 57.9 Å². The molecule has 1 aliphatic rings. The van der Waals surface area contributed by atoms with Crippen molar-refractivity contribution in [2.24, 2.45) is 0 Å². The van der Waals surface area contributed by atoms with E-state index in [2.05, 4.69) is 152 Å². The number of benzene rings is 4. The molecule has 216 valence electrons. The van der Waals surface area contributed by atoms with Gasteiger partial charge in [0.2, 0.25) is 0 Å². The third-order valence-electron chi connectivity index (χ3n) is 8.95. The van der Waals surface area contributed by atoms with Gasteiger partial charge in [-0.1, -0.05) is 129 Å². The van der Waals surface area contributed by atoms with Crippen LogP contribution in [-0.4, -0.2) is 5.11 Å². The Labute approximate surface area is 279 Å². The quantitative estimate of drug-likeness (QED) is 0.262. The number of phenolic OH excluding ortho intramolecular Hbond substituents is 1. The molecule has 0 saturated heterocycles. The Morgan fingerprint density at radius 2 is 0.905 bits per heavy atom. The monoisotopic (exact) mass is 630 g/mol. The molecule has 0 aromatic heterocycles. The largest absolute Gasteiger partial charge is 2.00 e. The summed E-state index contributed by atoms with van der Waals surface area (Å²) in [6.07, 6.45) is 0. The molecule has 0 bridgehead atoms. The second-order valence-electron chi connectivity index (χ2n) is 12.1. The first-order valence-electron chi connectivity index (χ1n) is 14.0. The Hall–Kier alpha value is -2.55. The predicted molar refractivity (Wildman–Crippen MR) is 165 cm³/mol. The number of aromatic hydroxyl groups is 1. The average Bonchev–Trinajstić information content (AvgIpc) is 3.13. The van der Waals surface area contributed by atoms with Crippen LogP contribution < -0.4 is 24.8 Å². The zero-order chi connectivity index (χ0) is 27.9. The topological polar surface area (TPSA) is 20.2 Å². The zero-order valence-electron chi connectivity index (χ0n) is 25.6. The fourth-order valence-corrected chi connectivity index (χ4v) is 6.44. The van der Waals surface area contributed by atoms with Crippen molar-refractivity contribution in [3.63, 3.8) is 0 Å². The van der Waals surface area contributed by atoms with E-state index in [4.69, 9.17) is 0 Å². The molecule has 42 heavy (non-hydrogen) atoms. The van der Waals surface area contributed by atoms with Gasteiger partial charge >= 0.3 is 21.7 Å². The summed E-state index contributed by atoms with van der Waals surface area (Å²) in [4.78, 5) is 0. The molecule has 0 atom stereocenters. The molecule has 0 saturated carbocycles. The number of hydrogen-bond donors (Lipinski definition) is 1. The van der Waals surface area contributed by atoms with Crippen molar-refractivity contribution in [2.45, 2.75) is 65.2 Å². The molecule has 0 fully saturated rings. The van der Waals surface area contributed by atoms with Crippen LogP contribution in [0.4, 0.5) is 0 Å². The Balaban J connectivity index is 0.00000205. The van der Waals surface area contributed by atoms with Crippen LogP contribution in [0.2, 0.25) is 0 Å². The Morgan fingerprint density at radius 1 is 0.548 bits per heavy atom. The van der Waals surface area contributed by atoms with Crippen molar-refractivity contribution in [1.29, 1.82) is 0 Å². The number of hydrogen-bond acceptors (Lipinski definition) is 1. The first-order valence-corrected chi connectivity index (χ1v) is 14.0. The van der Waals surface area contributed by atoms with Gasteiger partial charge in [-0.05, 0) is 72.6 Å². The van der Waals surface area contributed by atoms with Gasteiger partial charge in [0.15, 0.2) is 0 Å². The van der Waals surface area contributed by atoms with Gasteiger partial charge in [-0.3, -0.25) is 0 Å². The summed E-state index contributed by atoms with van der Waals surface area (Å²) >= 11 is 0. The van der Waals surface area contributed by atoms with Crippen LogP contribution in [-0.2, 0) is 32.5 Å². The van der Waals surface area contributed by atoms with Crippen LogP contribution in [0.5, 0.6) is 5.75 Å². The molecule has 1 aliphatic carbocycles. The Bertz CT molecular complexity index is 1450. The number of allylic oxidation sites excluding steroid dienone is 4. The molecule has 0 unspecified atom stereocenters. The van der Waals surface area contributed by atoms with Crippen molar-refractivity contribution in [2.75, 3.05) is 0 Å². The maximum Gasteiger partial charge on any atom is 2.00 e. The van der Waals surface area contributed by atoms with Crippen molar-refractivity contribution in [3.8, 4) is 5.75 Å². The molecule has 1 N–H and O–H groups in total. The summed E-state index contributed by atoms with van der Waals surface area (Å²) < 4.78 is 0. The standard InChI is InChI=1S/C38H40O.2ClH.Ti/c1-25-26(2)28(4)35(27(25)3)33-23-32(37(5,6)7)24-34(36(33)39)38(29-17-11-8-12-18-29,30-19-13-9-14-20-30)31-21-15-10-16-22-31;;;/h8-24,35,39H,1-7H3;2*1H;/q;;;+2/p-2. The van der Waals surface area contributed by atoms with E-state index in [9.17, 15) is 5.11 Å². The SMILES string of the molecule is CC1=C(C)C(c2cc(C(C)(C)C)cc(C(c3ccccc3)(c3ccccc3)c3ccccc3)c2O)C(C)=C1C.[Cl-].[Cl-].[Ti+2]. The summed E-state index contributed by atoms with van der Waals surface area (Å²) in [5, 5.41) is 12.5. The molecular formula is C38H40Cl2OTi. The smallest absolute Gasteiger partial charge is 1.00 e. The van der Waals surface area contributed by atoms with Crippen LogP contribution in [0.1, 0.15) is 87.8 Å².